The van der Waals surface area contributed by atoms with Crippen molar-refractivity contribution in [2.24, 2.45) is 5.92 Å². The molecule has 0 saturated carbocycles. The second-order valence-electron chi connectivity index (χ2n) is 5.43. The van der Waals surface area contributed by atoms with Gasteiger partial charge in [0.1, 0.15) is 12.4 Å². The maximum absolute atomic E-state index is 12.5. The number of hydrogen-bond donors (Lipinski definition) is 1. The Morgan fingerprint density at radius 1 is 1.24 bits per heavy atom. The van der Waals surface area contributed by atoms with Gasteiger partial charge in [-0.25, -0.2) is 4.98 Å². The predicted octanol–water partition coefficient (Wildman–Crippen LogP) is 3.00. The highest BCUT2D eigenvalue weighted by Crippen LogP contribution is 2.20. The SMILES string of the molecule is CCCN(CC(F)(F)F)c1cnc(CNCC(C)C)cn1. The van der Waals surface area contributed by atoms with E-state index in [2.05, 4.69) is 29.1 Å². The molecule has 0 amide bonds. The summed E-state index contributed by atoms with van der Waals surface area (Å²) in [6.07, 6.45) is -0.681. The maximum Gasteiger partial charge on any atom is 0.405 e. The van der Waals surface area contributed by atoms with Crippen LogP contribution < -0.4 is 10.2 Å². The summed E-state index contributed by atoms with van der Waals surface area (Å²) in [5, 5.41) is 3.22. The van der Waals surface area contributed by atoms with Crippen molar-refractivity contribution in [3.63, 3.8) is 0 Å². The fraction of sp³-hybridized carbons (Fsp3) is 0.714. The molecule has 0 fully saturated rings. The van der Waals surface area contributed by atoms with Gasteiger partial charge in [0.05, 0.1) is 18.1 Å². The number of hydrogen-bond acceptors (Lipinski definition) is 4. The minimum Gasteiger partial charge on any atom is -0.346 e. The number of nitrogens with one attached hydrogen (secondary N) is 1. The highest BCUT2D eigenvalue weighted by molar-refractivity contribution is 5.36. The first-order chi connectivity index (χ1) is 9.81. The van der Waals surface area contributed by atoms with Crippen molar-refractivity contribution in [3.8, 4) is 0 Å². The molecule has 0 radical (unpaired) electrons. The van der Waals surface area contributed by atoms with Gasteiger partial charge in [-0.1, -0.05) is 20.8 Å². The van der Waals surface area contributed by atoms with Gasteiger partial charge in [0.15, 0.2) is 0 Å². The van der Waals surface area contributed by atoms with Crippen LogP contribution in [0, 0.1) is 5.92 Å². The number of nitrogens with zero attached hydrogens (tertiary/aromatic N) is 3. The smallest absolute Gasteiger partial charge is 0.346 e. The number of anilines is 1. The third-order valence-electron chi connectivity index (χ3n) is 2.74. The molecular formula is C14H23F3N4. The van der Waals surface area contributed by atoms with Gasteiger partial charge in [-0.15, -0.1) is 0 Å². The molecule has 0 aliphatic carbocycles. The third kappa shape index (κ3) is 7.27. The Labute approximate surface area is 123 Å². The van der Waals surface area contributed by atoms with Crippen LogP contribution in [-0.2, 0) is 6.54 Å². The molecule has 21 heavy (non-hydrogen) atoms. The van der Waals surface area contributed by atoms with Crippen LogP contribution in [0.3, 0.4) is 0 Å². The van der Waals surface area contributed by atoms with Crippen molar-refractivity contribution in [3.05, 3.63) is 18.1 Å². The van der Waals surface area contributed by atoms with E-state index in [1.54, 1.807) is 0 Å². The summed E-state index contributed by atoms with van der Waals surface area (Å²) in [6.45, 7) is 6.77. The summed E-state index contributed by atoms with van der Waals surface area (Å²) < 4.78 is 37.6. The first kappa shape index (κ1) is 17.7. The topological polar surface area (TPSA) is 41.1 Å². The highest BCUT2D eigenvalue weighted by Gasteiger charge is 2.31. The van der Waals surface area contributed by atoms with Crippen LogP contribution in [0.15, 0.2) is 12.4 Å². The van der Waals surface area contributed by atoms with Gasteiger partial charge in [-0.05, 0) is 18.9 Å². The molecule has 0 unspecified atom stereocenters. The lowest BCUT2D eigenvalue weighted by Crippen LogP contribution is -2.35. The molecule has 120 valence electrons. The minimum atomic E-state index is -4.24. The van der Waals surface area contributed by atoms with Gasteiger partial charge in [0.2, 0.25) is 0 Å². The number of aromatic nitrogens is 2. The van der Waals surface area contributed by atoms with Crippen LogP contribution in [0.1, 0.15) is 32.9 Å². The molecule has 1 N–H and O–H groups in total. The Balaban J connectivity index is 2.64. The molecule has 0 spiro atoms. The van der Waals surface area contributed by atoms with Gasteiger partial charge >= 0.3 is 6.18 Å². The van der Waals surface area contributed by atoms with Gasteiger partial charge in [0, 0.05) is 13.1 Å². The Morgan fingerprint density at radius 2 is 1.95 bits per heavy atom. The van der Waals surface area contributed by atoms with Crippen molar-refractivity contribution in [2.75, 3.05) is 24.5 Å². The van der Waals surface area contributed by atoms with Gasteiger partial charge in [-0.2, -0.15) is 13.2 Å². The Morgan fingerprint density at radius 3 is 2.43 bits per heavy atom. The first-order valence-electron chi connectivity index (χ1n) is 7.15. The largest absolute Gasteiger partial charge is 0.405 e. The predicted molar refractivity (Wildman–Crippen MR) is 77.1 cm³/mol. The zero-order valence-corrected chi connectivity index (χ0v) is 12.7. The standard InChI is InChI=1S/C14H23F3N4/c1-4-5-21(10-14(15,16)17)13-9-19-12(8-20-13)7-18-6-11(2)3/h8-9,11,18H,4-7,10H2,1-3H3. The van der Waals surface area contributed by atoms with Crippen molar-refractivity contribution in [1.29, 1.82) is 0 Å². The molecule has 1 rings (SSSR count). The molecule has 4 nitrogen and oxygen atoms in total. The van der Waals surface area contributed by atoms with Crippen LogP contribution >= 0.6 is 0 Å². The summed E-state index contributed by atoms with van der Waals surface area (Å²) in [6, 6.07) is 0. The van der Waals surface area contributed by atoms with Crippen LogP contribution in [-0.4, -0.2) is 35.8 Å². The number of rotatable bonds is 8. The molecule has 0 saturated heterocycles. The van der Waals surface area contributed by atoms with Crippen LogP contribution in [0.2, 0.25) is 0 Å². The zero-order valence-electron chi connectivity index (χ0n) is 12.7. The molecular weight excluding hydrogens is 281 g/mol. The average Bonchev–Trinajstić information content (AvgIpc) is 2.37. The molecule has 7 heteroatoms. The van der Waals surface area contributed by atoms with Crippen molar-refractivity contribution >= 4 is 5.82 Å². The van der Waals surface area contributed by atoms with Crippen molar-refractivity contribution in [2.45, 2.75) is 39.9 Å². The average molecular weight is 304 g/mol. The molecule has 1 heterocycles. The van der Waals surface area contributed by atoms with E-state index in [9.17, 15) is 13.2 Å². The third-order valence-corrected chi connectivity index (χ3v) is 2.74. The first-order valence-corrected chi connectivity index (χ1v) is 7.15. The van der Waals surface area contributed by atoms with Crippen LogP contribution in [0.4, 0.5) is 19.0 Å². The lowest BCUT2D eigenvalue weighted by atomic mass is 10.2. The minimum absolute atomic E-state index is 0.266. The van der Waals surface area contributed by atoms with Crippen LogP contribution in [0.5, 0.6) is 0 Å². The second-order valence-corrected chi connectivity index (χ2v) is 5.43. The quantitative estimate of drug-likeness (QED) is 0.801. The normalized spacial score (nSPS) is 12.0. The summed E-state index contributed by atoms with van der Waals surface area (Å²) in [7, 11) is 0. The van der Waals surface area contributed by atoms with E-state index in [0.29, 0.717) is 25.4 Å². The summed E-state index contributed by atoms with van der Waals surface area (Å²) >= 11 is 0. The van der Waals surface area contributed by atoms with E-state index >= 15 is 0 Å². The number of alkyl halides is 3. The van der Waals surface area contributed by atoms with E-state index in [4.69, 9.17) is 0 Å². The second kappa shape index (κ2) is 8.17. The van der Waals surface area contributed by atoms with E-state index in [1.165, 1.54) is 17.3 Å². The summed E-state index contributed by atoms with van der Waals surface area (Å²) in [5.74, 6) is 0.797. The fourth-order valence-electron chi connectivity index (χ4n) is 1.85. The fourth-order valence-corrected chi connectivity index (χ4v) is 1.85. The number of halogens is 3. The Kier molecular flexibility index (Phi) is 6.87. The van der Waals surface area contributed by atoms with Gasteiger partial charge in [0.25, 0.3) is 0 Å². The lowest BCUT2D eigenvalue weighted by Gasteiger charge is -2.24. The molecule has 0 aliphatic heterocycles. The van der Waals surface area contributed by atoms with Gasteiger partial charge in [-0.3, -0.25) is 4.98 Å². The Hall–Kier alpha value is -1.37. The molecule has 1 aromatic rings. The van der Waals surface area contributed by atoms with Crippen molar-refractivity contribution < 1.29 is 13.2 Å². The Bertz CT molecular complexity index is 404. The van der Waals surface area contributed by atoms with E-state index in [1.807, 2.05) is 6.92 Å². The van der Waals surface area contributed by atoms with E-state index in [-0.39, 0.29) is 5.82 Å². The molecule has 0 aromatic carbocycles. The highest BCUT2D eigenvalue weighted by atomic mass is 19.4. The summed E-state index contributed by atoms with van der Waals surface area (Å²) in [4.78, 5) is 9.48. The molecule has 0 aliphatic rings. The molecule has 0 atom stereocenters. The molecule has 0 bridgehead atoms. The van der Waals surface area contributed by atoms with Crippen LogP contribution in [0.25, 0.3) is 0 Å². The molecule has 1 aromatic heterocycles. The summed E-state index contributed by atoms with van der Waals surface area (Å²) in [5.41, 5.74) is 0.725. The van der Waals surface area contributed by atoms with Crippen molar-refractivity contribution in [1.82, 2.24) is 15.3 Å². The van der Waals surface area contributed by atoms with E-state index < -0.39 is 12.7 Å². The van der Waals surface area contributed by atoms with E-state index in [0.717, 1.165) is 12.2 Å². The monoisotopic (exact) mass is 304 g/mol. The maximum atomic E-state index is 12.5. The van der Waals surface area contributed by atoms with Gasteiger partial charge < -0.3 is 10.2 Å². The lowest BCUT2D eigenvalue weighted by molar-refractivity contribution is -0.119. The zero-order chi connectivity index (χ0) is 15.9.